The summed E-state index contributed by atoms with van der Waals surface area (Å²) < 4.78 is 1.90. The van der Waals surface area contributed by atoms with Crippen LogP contribution in [0.5, 0.6) is 0 Å². The van der Waals surface area contributed by atoms with Gasteiger partial charge in [-0.15, -0.1) is 0 Å². The minimum atomic E-state index is 0.0950. The second-order valence-corrected chi connectivity index (χ2v) is 4.28. The summed E-state index contributed by atoms with van der Waals surface area (Å²) >= 11 is 0. The van der Waals surface area contributed by atoms with Crippen LogP contribution in [-0.2, 0) is 13.6 Å². The van der Waals surface area contributed by atoms with Crippen LogP contribution in [0.1, 0.15) is 35.7 Å². The first kappa shape index (κ1) is 12.3. The van der Waals surface area contributed by atoms with E-state index in [-0.39, 0.29) is 6.04 Å². The molecular weight excluding hydrogens is 228 g/mol. The standard InChI is InChI=1S/C12H16N6/c1-8(12-15-7-16-17-12)14-6-10-4-11(5-13)18(3)9(10)2/h4,7-8,14H,6H2,1-3H3,(H,15,16,17). The largest absolute Gasteiger partial charge is 0.340 e. The van der Waals surface area contributed by atoms with E-state index in [1.165, 1.54) is 6.33 Å². The first-order valence-corrected chi connectivity index (χ1v) is 5.77. The number of hydrogen-bond donors (Lipinski definition) is 2. The van der Waals surface area contributed by atoms with E-state index >= 15 is 0 Å². The molecule has 0 saturated heterocycles. The van der Waals surface area contributed by atoms with Crippen LogP contribution in [0.2, 0.25) is 0 Å². The third-order valence-electron chi connectivity index (χ3n) is 3.20. The summed E-state index contributed by atoms with van der Waals surface area (Å²) in [5.74, 6) is 0.809. The number of nitrogens with zero attached hydrogens (tertiary/aromatic N) is 4. The second kappa shape index (κ2) is 5.02. The van der Waals surface area contributed by atoms with E-state index < -0.39 is 0 Å². The lowest BCUT2D eigenvalue weighted by atomic mass is 10.2. The predicted octanol–water partition coefficient (Wildman–Crippen LogP) is 1.17. The Bertz CT molecular complexity index is 560. The lowest BCUT2D eigenvalue weighted by molar-refractivity contribution is 0.546. The van der Waals surface area contributed by atoms with E-state index in [0.29, 0.717) is 12.2 Å². The summed E-state index contributed by atoms with van der Waals surface area (Å²) in [7, 11) is 1.90. The number of hydrogen-bond acceptors (Lipinski definition) is 4. The molecule has 94 valence electrons. The first-order chi connectivity index (χ1) is 8.63. The van der Waals surface area contributed by atoms with Crippen LogP contribution in [0.4, 0.5) is 0 Å². The van der Waals surface area contributed by atoms with Gasteiger partial charge >= 0.3 is 0 Å². The van der Waals surface area contributed by atoms with Crippen molar-refractivity contribution < 1.29 is 0 Å². The molecule has 0 aromatic carbocycles. The van der Waals surface area contributed by atoms with E-state index in [9.17, 15) is 0 Å². The molecule has 0 aliphatic rings. The van der Waals surface area contributed by atoms with Crippen molar-refractivity contribution in [1.29, 1.82) is 5.26 Å². The third-order valence-corrected chi connectivity index (χ3v) is 3.20. The normalized spacial score (nSPS) is 12.3. The van der Waals surface area contributed by atoms with Crippen molar-refractivity contribution in [3.63, 3.8) is 0 Å². The van der Waals surface area contributed by atoms with E-state index in [2.05, 4.69) is 26.6 Å². The molecule has 0 radical (unpaired) electrons. The Balaban J connectivity index is 2.05. The molecule has 2 aromatic heterocycles. The maximum Gasteiger partial charge on any atom is 0.141 e. The zero-order valence-electron chi connectivity index (χ0n) is 10.7. The van der Waals surface area contributed by atoms with Crippen molar-refractivity contribution in [2.45, 2.75) is 26.4 Å². The fourth-order valence-electron chi connectivity index (χ4n) is 1.83. The van der Waals surface area contributed by atoms with Crippen LogP contribution in [0.3, 0.4) is 0 Å². The Labute approximate surface area is 106 Å². The molecule has 0 fully saturated rings. The molecule has 1 atom stereocenters. The van der Waals surface area contributed by atoms with Crippen molar-refractivity contribution >= 4 is 0 Å². The highest BCUT2D eigenvalue weighted by molar-refractivity contribution is 5.34. The fourth-order valence-corrected chi connectivity index (χ4v) is 1.83. The summed E-state index contributed by atoms with van der Waals surface area (Å²) in [4.78, 5) is 4.10. The predicted molar refractivity (Wildman–Crippen MR) is 66.5 cm³/mol. The summed E-state index contributed by atoms with van der Waals surface area (Å²) in [6, 6.07) is 4.19. The van der Waals surface area contributed by atoms with Gasteiger partial charge in [0.15, 0.2) is 0 Å². The highest BCUT2D eigenvalue weighted by Crippen LogP contribution is 2.14. The molecule has 2 aromatic rings. The molecule has 2 N–H and O–H groups in total. The van der Waals surface area contributed by atoms with Crippen LogP contribution >= 0.6 is 0 Å². The lowest BCUT2D eigenvalue weighted by Gasteiger charge is -2.10. The number of rotatable bonds is 4. The number of aromatic amines is 1. The molecule has 2 heterocycles. The summed E-state index contributed by atoms with van der Waals surface area (Å²) in [6.45, 7) is 4.73. The van der Waals surface area contributed by atoms with Gasteiger partial charge in [-0.3, -0.25) is 5.10 Å². The van der Waals surface area contributed by atoms with Gasteiger partial charge in [-0.1, -0.05) is 0 Å². The Morgan fingerprint density at radius 3 is 2.94 bits per heavy atom. The van der Waals surface area contributed by atoms with Gasteiger partial charge in [0.25, 0.3) is 0 Å². The van der Waals surface area contributed by atoms with E-state index in [1.54, 1.807) is 0 Å². The molecule has 0 aliphatic heterocycles. The average molecular weight is 244 g/mol. The molecule has 0 amide bonds. The molecule has 0 spiro atoms. The van der Waals surface area contributed by atoms with Crippen LogP contribution < -0.4 is 5.32 Å². The van der Waals surface area contributed by atoms with Gasteiger partial charge in [-0.05, 0) is 25.5 Å². The summed E-state index contributed by atoms with van der Waals surface area (Å²) in [5.41, 5.74) is 2.90. The molecule has 2 rings (SSSR count). The number of H-pyrrole nitrogens is 1. The van der Waals surface area contributed by atoms with Gasteiger partial charge in [0.1, 0.15) is 23.9 Å². The number of aromatic nitrogens is 4. The average Bonchev–Trinajstić information content (AvgIpc) is 2.98. The Hall–Kier alpha value is -2.13. The molecular formula is C12H16N6. The van der Waals surface area contributed by atoms with E-state index in [1.807, 2.05) is 31.5 Å². The fraction of sp³-hybridized carbons (Fsp3) is 0.417. The number of nitriles is 1. The van der Waals surface area contributed by atoms with E-state index in [0.717, 1.165) is 17.1 Å². The quantitative estimate of drug-likeness (QED) is 0.846. The maximum atomic E-state index is 8.97. The van der Waals surface area contributed by atoms with Crippen LogP contribution in [-0.4, -0.2) is 19.7 Å². The van der Waals surface area contributed by atoms with Gasteiger partial charge in [-0.2, -0.15) is 10.4 Å². The Morgan fingerprint density at radius 2 is 2.39 bits per heavy atom. The van der Waals surface area contributed by atoms with Crippen molar-refractivity contribution in [2.75, 3.05) is 0 Å². The van der Waals surface area contributed by atoms with Gasteiger partial charge in [0.2, 0.25) is 0 Å². The maximum absolute atomic E-state index is 8.97. The molecule has 6 heteroatoms. The van der Waals surface area contributed by atoms with Gasteiger partial charge < -0.3 is 9.88 Å². The first-order valence-electron chi connectivity index (χ1n) is 5.77. The monoisotopic (exact) mass is 244 g/mol. The van der Waals surface area contributed by atoms with Gasteiger partial charge in [-0.25, -0.2) is 4.98 Å². The molecule has 0 aliphatic carbocycles. The Morgan fingerprint density at radius 1 is 1.61 bits per heavy atom. The molecule has 18 heavy (non-hydrogen) atoms. The third kappa shape index (κ3) is 2.26. The highest BCUT2D eigenvalue weighted by Gasteiger charge is 2.11. The minimum Gasteiger partial charge on any atom is -0.340 e. The SMILES string of the molecule is Cc1c(CNC(C)c2ncn[nH]2)cc(C#N)n1C. The van der Waals surface area contributed by atoms with E-state index in [4.69, 9.17) is 5.26 Å². The topological polar surface area (TPSA) is 82.3 Å². The minimum absolute atomic E-state index is 0.0950. The summed E-state index contributed by atoms with van der Waals surface area (Å²) in [6.07, 6.45) is 1.50. The van der Waals surface area contributed by atoms with Crippen molar-refractivity contribution in [2.24, 2.45) is 7.05 Å². The Kier molecular flexibility index (Phi) is 3.44. The summed E-state index contributed by atoms with van der Waals surface area (Å²) in [5, 5.41) is 19.0. The van der Waals surface area contributed by atoms with Crippen molar-refractivity contribution in [3.05, 3.63) is 35.2 Å². The lowest BCUT2D eigenvalue weighted by Crippen LogP contribution is -2.19. The van der Waals surface area contributed by atoms with Crippen molar-refractivity contribution in [1.82, 2.24) is 25.1 Å². The molecule has 0 saturated carbocycles. The second-order valence-electron chi connectivity index (χ2n) is 4.28. The van der Waals surface area contributed by atoms with Crippen LogP contribution in [0.25, 0.3) is 0 Å². The zero-order chi connectivity index (χ0) is 13.1. The smallest absolute Gasteiger partial charge is 0.141 e. The molecule has 6 nitrogen and oxygen atoms in total. The van der Waals surface area contributed by atoms with Gasteiger partial charge in [0, 0.05) is 19.3 Å². The molecule has 0 bridgehead atoms. The zero-order valence-corrected chi connectivity index (χ0v) is 10.7. The van der Waals surface area contributed by atoms with Crippen LogP contribution in [0, 0.1) is 18.3 Å². The van der Waals surface area contributed by atoms with Crippen LogP contribution in [0.15, 0.2) is 12.4 Å². The highest BCUT2D eigenvalue weighted by atomic mass is 15.2. The van der Waals surface area contributed by atoms with Crippen molar-refractivity contribution in [3.8, 4) is 6.07 Å². The number of nitrogens with one attached hydrogen (secondary N) is 2. The molecule has 1 unspecified atom stereocenters. The van der Waals surface area contributed by atoms with Gasteiger partial charge in [0.05, 0.1) is 6.04 Å².